The first-order valence-electron chi connectivity index (χ1n) is 7.32. The van der Waals surface area contributed by atoms with Crippen LogP contribution in [0.5, 0.6) is 0 Å². The zero-order valence-corrected chi connectivity index (χ0v) is 12.3. The molecular formula is C14H24N2O4. The molecular weight excluding hydrogens is 260 g/mol. The molecule has 0 aliphatic carbocycles. The van der Waals surface area contributed by atoms with Crippen molar-refractivity contribution >= 4 is 17.8 Å². The minimum absolute atomic E-state index is 0.0525. The molecule has 0 bridgehead atoms. The lowest BCUT2D eigenvalue weighted by molar-refractivity contribution is -0.157. The van der Waals surface area contributed by atoms with Crippen LogP contribution in [-0.2, 0) is 14.4 Å². The molecule has 1 unspecified atom stereocenters. The average Bonchev–Trinajstić information content (AvgIpc) is 2.47. The van der Waals surface area contributed by atoms with Crippen molar-refractivity contribution in [3.05, 3.63) is 0 Å². The lowest BCUT2D eigenvalue weighted by atomic mass is 9.97. The number of amides is 2. The van der Waals surface area contributed by atoms with Crippen LogP contribution >= 0.6 is 0 Å². The van der Waals surface area contributed by atoms with E-state index in [1.807, 2.05) is 6.92 Å². The molecule has 1 rings (SSSR count). The predicted molar refractivity (Wildman–Crippen MR) is 74.1 cm³/mol. The number of nitrogens with zero attached hydrogens (tertiary/aromatic N) is 2. The van der Waals surface area contributed by atoms with E-state index in [1.165, 1.54) is 4.90 Å². The Labute approximate surface area is 119 Å². The normalized spacial score (nSPS) is 16.9. The third-order valence-electron chi connectivity index (χ3n) is 3.81. The summed E-state index contributed by atoms with van der Waals surface area (Å²) in [5.74, 6) is -2.12. The van der Waals surface area contributed by atoms with E-state index in [4.69, 9.17) is 5.11 Å². The summed E-state index contributed by atoms with van der Waals surface area (Å²) in [5.41, 5.74) is 0. The van der Waals surface area contributed by atoms with E-state index in [9.17, 15) is 14.4 Å². The molecule has 6 nitrogen and oxygen atoms in total. The molecule has 114 valence electrons. The number of aliphatic carboxylic acids is 1. The average molecular weight is 284 g/mol. The van der Waals surface area contributed by atoms with Gasteiger partial charge in [0.25, 0.3) is 0 Å². The largest absolute Gasteiger partial charge is 0.474 e. The molecule has 20 heavy (non-hydrogen) atoms. The smallest absolute Gasteiger partial charge is 0.394 e. The molecule has 0 aromatic rings. The van der Waals surface area contributed by atoms with Crippen molar-refractivity contribution < 1.29 is 19.5 Å². The maximum Gasteiger partial charge on any atom is 0.394 e. The summed E-state index contributed by atoms with van der Waals surface area (Å²) in [4.78, 5) is 37.3. The summed E-state index contributed by atoms with van der Waals surface area (Å²) >= 11 is 0. The van der Waals surface area contributed by atoms with Gasteiger partial charge < -0.3 is 14.9 Å². The summed E-state index contributed by atoms with van der Waals surface area (Å²) in [6.07, 6.45) is 3.85. The van der Waals surface area contributed by atoms with Gasteiger partial charge in [-0.15, -0.1) is 0 Å². The Kier molecular flexibility index (Phi) is 6.48. The highest BCUT2D eigenvalue weighted by molar-refractivity contribution is 6.31. The van der Waals surface area contributed by atoms with Gasteiger partial charge in [0.2, 0.25) is 5.91 Å². The molecule has 1 fully saturated rings. The summed E-state index contributed by atoms with van der Waals surface area (Å²) in [5, 5.41) is 8.66. The second-order valence-electron chi connectivity index (χ2n) is 5.17. The van der Waals surface area contributed by atoms with Gasteiger partial charge in [-0.3, -0.25) is 9.59 Å². The Morgan fingerprint density at radius 2 is 1.60 bits per heavy atom. The van der Waals surface area contributed by atoms with E-state index in [2.05, 4.69) is 6.92 Å². The number of hydrogen-bond donors (Lipinski definition) is 1. The first-order valence-corrected chi connectivity index (χ1v) is 7.32. The van der Waals surface area contributed by atoms with E-state index in [0.717, 1.165) is 25.7 Å². The van der Waals surface area contributed by atoms with Crippen molar-refractivity contribution in [3.8, 4) is 0 Å². The van der Waals surface area contributed by atoms with Gasteiger partial charge in [-0.1, -0.05) is 26.7 Å². The highest BCUT2D eigenvalue weighted by Crippen LogP contribution is 2.17. The quantitative estimate of drug-likeness (QED) is 0.763. The first-order chi connectivity index (χ1) is 9.51. The predicted octanol–water partition coefficient (Wildman–Crippen LogP) is 0.958. The van der Waals surface area contributed by atoms with Gasteiger partial charge in [-0.2, -0.15) is 0 Å². The molecule has 2 amide bonds. The molecule has 0 spiro atoms. The number of carboxylic acids is 1. The Morgan fingerprint density at radius 1 is 1.05 bits per heavy atom. The summed E-state index contributed by atoms with van der Waals surface area (Å²) < 4.78 is 0. The van der Waals surface area contributed by atoms with Crippen LogP contribution in [0, 0.1) is 5.92 Å². The fourth-order valence-corrected chi connectivity index (χ4v) is 2.48. The maximum absolute atomic E-state index is 12.4. The van der Waals surface area contributed by atoms with Crippen LogP contribution in [0.3, 0.4) is 0 Å². The van der Waals surface area contributed by atoms with Gasteiger partial charge in [0.05, 0.1) is 0 Å². The van der Waals surface area contributed by atoms with Gasteiger partial charge in [0, 0.05) is 32.1 Å². The van der Waals surface area contributed by atoms with Crippen molar-refractivity contribution in [2.75, 3.05) is 26.2 Å². The number of rotatable bonds is 5. The summed E-state index contributed by atoms with van der Waals surface area (Å²) in [7, 11) is 0. The summed E-state index contributed by atoms with van der Waals surface area (Å²) in [6.45, 7) is 5.60. The molecule has 0 aromatic heterocycles. The third kappa shape index (κ3) is 4.21. The van der Waals surface area contributed by atoms with Crippen molar-refractivity contribution in [2.45, 2.75) is 39.5 Å². The zero-order valence-electron chi connectivity index (χ0n) is 12.3. The van der Waals surface area contributed by atoms with E-state index in [1.54, 1.807) is 4.90 Å². The van der Waals surface area contributed by atoms with Gasteiger partial charge in [0.15, 0.2) is 0 Å². The van der Waals surface area contributed by atoms with E-state index in [0.29, 0.717) is 26.2 Å². The molecule has 1 saturated heterocycles. The second-order valence-corrected chi connectivity index (χ2v) is 5.17. The lowest BCUT2D eigenvalue weighted by Gasteiger charge is -2.35. The van der Waals surface area contributed by atoms with Crippen molar-refractivity contribution in [3.63, 3.8) is 0 Å². The van der Waals surface area contributed by atoms with Crippen molar-refractivity contribution in [1.82, 2.24) is 9.80 Å². The molecule has 1 aliphatic heterocycles. The number of piperazine rings is 1. The minimum Gasteiger partial charge on any atom is -0.474 e. The first kappa shape index (κ1) is 16.5. The molecule has 0 radical (unpaired) electrons. The maximum atomic E-state index is 12.4. The Hall–Kier alpha value is -1.59. The molecule has 6 heteroatoms. The molecule has 1 atom stereocenters. The van der Waals surface area contributed by atoms with E-state index < -0.39 is 11.9 Å². The van der Waals surface area contributed by atoms with Crippen LogP contribution < -0.4 is 0 Å². The minimum atomic E-state index is -1.43. The standard InChI is InChI=1S/C14H24N2O4/c1-3-5-6-11(4-2)12(17)15-7-9-16(10-8-15)13(18)14(19)20/h11H,3-10H2,1-2H3,(H,19,20). The second kappa shape index (κ2) is 7.87. The number of carboxylic acid groups (broad SMARTS) is 1. The number of carbonyl (C=O) groups is 3. The Balaban J connectivity index is 2.49. The van der Waals surface area contributed by atoms with Crippen LogP contribution in [0.25, 0.3) is 0 Å². The van der Waals surface area contributed by atoms with Gasteiger partial charge >= 0.3 is 11.9 Å². The molecule has 1 aliphatic rings. The van der Waals surface area contributed by atoms with Crippen LogP contribution in [0.2, 0.25) is 0 Å². The lowest BCUT2D eigenvalue weighted by Crippen LogP contribution is -2.53. The SMILES string of the molecule is CCCCC(CC)C(=O)N1CCN(C(=O)C(=O)O)CC1. The third-order valence-corrected chi connectivity index (χ3v) is 3.81. The fourth-order valence-electron chi connectivity index (χ4n) is 2.48. The van der Waals surface area contributed by atoms with Crippen LogP contribution in [0.15, 0.2) is 0 Å². The van der Waals surface area contributed by atoms with Gasteiger partial charge in [-0.05, 0) is 12.8 Å². The van der Waals surface area contributed by atoms with Crippen LogP contribution in [0.4, 0.5) is 0 Å². The molecule has 0 aromatic carbocycles. The van der Waals surface area contributed by atoms with E-state index >= 15 is 0 Å². The number of hydrogen-bond acceptors (Lipinski definition) is 3. The molecule has 1 N–H and O–H groups in total. The van der Waals surface area contributed by atoms with Crippen LogP contribution in [-0.4, -0.2) is 58.9 Å². The van der Waals surface area contributed by atoms with Crippen molar-refractivity contribution in [1.29, 1.82) is 0 Å². The topological polar surface area (TPSA) is 77.9 Å². The number of unbranched alkanes of at least 4 members (excludes halogenated alkanes) is 1. The number of carbonyl (C=O) groups excluding carboxylic acids is 2. The van der Waals surface area contributed by atoms with Crippen molar-refractivity contribution in [2.24, 2.45) is 5.92 Å². The Bertz CT molecular complexity index is 362. The van der Waals surface area contributed by atoms with Crippen LogP contribution in [0.1, 0.15) is 39.5 Å². The summed E-state index contributed by atoms with van der Waals surface area (Å²) in [6, 6.07) is 0. The van der Waals surface area contributed by atoms with E-state index in [-0.39, 0.29) is 11.8 Å². The zero-order chi connectivity index (χ0) is 15.1. The van der Waals surface area contributed by atoms with Gasteiger partial charge in [0.1, 0.15) is 0 Å². The highest BCUT2D eigenvalue weighted by atomic mass is 16.4. The fraction of sp³-hybridized carbons (Fsp3) is 0.786. The monoisotopic (exact) mass is 284 g/mol. The highest BCUT2D eigenvalue weighted by Gasteiger charge is 2.29. The van der Waals surface area contributed by atoms with Gasteiger partial charge in [-0.25, -0.2) is 4.79 Å². The Morgan fingerprint density at radius 3 is 2.05 bits per heavy atom. The molecule has 0 saturated carbocycles. The molecule has 1 heterocycles.